The summed E-state index contributed by atoms with van der Waals surface area (Å²) in [6.07, 6.45) is 0.994. The molecule has 0 fully saturated rings. The minimum atomic E-state index is -0.260. The van der Waals surface area contributed by atoms with Crippen molar-refractivity contribution in [2.45, 2.75) is 13.3 Å². The number of aryl methyl sites for hydroxylation is 1. The number of amides is 1. The van der Waals surface area contributed by atoms with E-state index < -0.39 is 0 Å². The van der Waals surface area contributed by atoms with Gasteiger partial charge in [0.05, 0.1) is 0 Å². The quantitative estimate of drug-likeness (QED) is 0.795. The maximum atomic E-state index is 12.3. The second kappa shape index (κ2) is 6.36. The van der Waals surface area contributed by atoms with Gasteiger partial charge in [-0.3, -0.25) is 4.79 Å². The van der Waals surface area contributed by atoms with Crippen LogP contribution in [0, 0.1) is 6.92 Å². The van der Waals surface area contributed by atoms with Crippen molar-refractivity contribution in [2.24, 2.45) is 0 Å². The van der Waals surface area contributed by atoms with Crippen LogP contribution in [0.3, 0.4) is 0 Å². The lowest BCUT2D eigenvalue weighted by Crippen LogP contribution is -2.18. The largest absolute Gasteiger partial charge is 0.324 e. The molecule has 0 spiro atoms. The van der Waals surface area contributed by atoms with Crippen LogP contribution in [0.4, 0.5) is 17.2 Å². The van der Waals surface area contributed by atoms with Gasteiger partial charge in [-0.15, -0.1) is 10.2 Å². The molecule has 0 aliphatic carbocycles. The average Bonchev–Trinajstić information content (AvgIpc) is 3.08. The lowest BCUT2D eigenvalue weighted by atomic mass is 10.2. The smallest absolute Gasteiger partial charge is 0.276 e. The van der Waals surface area contributed by atoms with Gasteiger partial charge in [0.2, 0.25) is 0 Å². The number of para-hydroxylation sites is 1. The number of nitrogens with one attached hydrogen (secondary N) is 1. The first-order chi connectivity index (χ1) is 12.2. The fraction of sp³-hybridized carbons (Fsp3) is 0.150. The van der Waals surface area contributed by atoms with E-state index in [1.54, 1.807) is 6.07 Å². The maximum absolute atomic E-state index is 12.3. The van der Waals surface area contributed by atoms with Gasteiger partial charge in [0.15, 0.2) is 11.5 Å². The SMILES string of the molecule is Cc1ccc(NC(=O)c2ccc(N3CCc4ccccc43)nn2)cc1. The van der Waals surface area contributed by atoms with E-state index in [0.29, 0.717) is 5.69 Å². The molecule has 0 saturated heterocycles. The summed E-state index contributed by atoms with van der Waals surface area (Å²) in [5.74, 6) is 0.501. The zero-order valence-electron chi connectivity index (χ0n) is 13.9. The Kier molecular flexibility index (Phi) is 3.90. The predicted molar refractivity (Wildman–Crippen MR) is 98.3 cm³/mol. The van der Waals surface area contributed by atoms with Crippen LogP contribution in [0.2, 0.25) is 0 Å². The van der Waals surface area contributed by atoms with Crippen LogP contribution in [-0.4, -0.2) is 22.6 Å². The van der Waals surface area contributed by atoms with E-state index in [9.17, 15) is 4.79 Å². The van der Waals surface area contributed by atoms with Crippen LogP contribution in [0.15, 0.2) is 60.7 Å². The number of carbonyl (C=O) groups excluding carboxylic acids is 1. The third-order valence-electron chi connectivity index (χ3n) is 4.36. The van der Waals surface area contributed by atoms with Gasteiger partial charge in [-0.05, 0) is 49.2 Å². The van der Waals surface area contributed by atoms with Crippen molar-refractivity contribution >= 4 is 23.1 Å². The van der Waals surface area contributed by atoms with Crippen LogP contribution >= 0.6 is 0 Å². The van der Waals surface area contributed by atoms with Crippen LogP contribution in [0.25, 0.3) is 0 Å². The van der Waals surface area contributed by atoms with Crippen molar-refractivity contribution < 1.29 is 4.79 Å². The molecule has 0 unspecified atom stereocenters. The molecule has 1 aromatic heterocycles. The van der Waals surface area contributed by atoms with E-state index >= 15 is 0 Å². The van der Waals surface area contributed by atoms with Crippen molar-refractivity contribution in [3.05, 3.63) is 77.5 Å². The van der Waals surface area contributed by atoms with E-state index in [-0.39, 0.29) is 5.91 Å². The number of rotatable bonds is 3. The molecule has 5 nitrogen and oxygen atoms in total. The molecule has 2 aromatic carbocycles. The second-order valence-corrected chi connectivity index (χ2v) is 6.13. The molecule has 2 heterocycles. The Labute approximate surface area is 146 Å². The van der Waals surface area contributed by atoms with Gasteiger partial charge in [-0.1, -0.05) is 35.9 Å². The number of anilines is 3. The molecule has 3 aromatic rings. The van der Waals surface area contributed by atoms with Crippen molar-refractivity contribution in [3.8, 4) is 0 Å². The topological polar surface area (TPSA) is 58.1 Å². The fourth-order valence-corrected chi connectivity index (χ4v) is 3.00. The average molecular weight is 330 g/mol. The van der Waals surface area contributed by atoms with Crippen molar-refractivity contribution in [1.82, 2.24) is 10.2 Å². The molecule has 1 amide bonds. The summed E-state index contributed by atoms with van der Waals surface area (Å²) >= 11 is 0. The normalized spacial score (nSPS) is 12.8. The van der Waals surface area contributed by atoms with E-state index in [2.05, 4.69) is 32.5 Å². The van der Waals surface area contributed by atoms with Gasteiger partial charge in [0.1, 0.15) is 0 Å². The van der Waals surface area contributed by atoms with Crippen molar-refractivity contribution in [3.63, 3.8) is 0 Å². The highest BCUT2D eigenvalue weighted by atomic mass is 16.1. The Morgan fingerprint density at radius 3 is 2.56 bits per heavy atom. The first kappa shape index (κ1) is 15.3. The lowest BCUT2D eigenvalue weighted by molar-refractivity contribution is 0.102. The number of hydrogen-bond acceptors (Lipinski definition) is 4. The molecule has 0 radical (unpaired) electrons. The number of hydrogen-bond donors (Lipinski definition) is 1. The summed E-state index contributed by atoms with van der Waals surface area (Å²) in [5.41, 5.74) is 4.67. The highest BCUT2D eigenvalue weighted by molar-refractivity contribution is 6.02. The highest BCUT2D eigenvalue weighted by Gasteiger charge is 2.21. The third-order valence-corrected chi connectivity index (χ3v) is 4.36. The van der Waals surface area contributed by atoms with E-state index in [4.69, 9.17) is 0 Å². The van der Waals surface area contributed by atoms with Gasteiger partial charge in [0.25, 0.3) is 5.91 Å². The zero-order chi connectivity index (χ0) is 17.2. The number of carbonyl (C=O) groups is 1. The highest BCUT2D eigenvalue weighted by Crippen LogP contribution is 2.32. The van der Waals surface area contributed by atoms with Crippen LogP contribution in [-0.2, 0) is 6.42 Å². The number of fused-ring (bicyclic) bond motifs is 1. The predicted octanol–water partition coefficient (Wildman–Crippen LogP) is 3.73. The summed E-state index contributed by atoms with van der Waals surface area (Å²) < 4.78 is 0. The minimum absolute atomic E-state index is 0.260. The standard InChI is InChI=1S/C20H18N4O/c1-14-6-8-16(9-7-14)21-20(25)17-10-11-19(23-22-17)24-13-12-15-4-2-3-5-18(15)24/h2-11H,12-13H2,1H3,(H,21,25). The maximum Gasteiger partial charge on any atom is 0.276 e. The van der Waals surface area contributed by atoms with Crippen molar-refractivity contribution in [1.29, 1.82) is 0 Å². The Balaban J connectivity index is 1.50. The van der Waals surface area contributed by atoms with E-state index in [1.165, 1.54) is 5.56 Å². The molecular formula is C20H18N4O. The molecule has 25 heavy (non-hydrogen) atoms. The summed E-state index contributed by atoms with van der Waals surface area (Å²) in [6.45, 7) is 2.88. The molecule has 1 aliphatic rings. The first-order valence-electron chi connectivity index (χ1n) is 8.28. The molecule has 5 heteroatoms. The van der Waals surface area contributed by atoms with Crippen LogP contribution in [0.5, 0.6) is 0 Å². The minimum Gasteiger partial charge on any atom is -0.324 e. The fourth-order valence-electron chi connectivity index (χ4n) is 3.00. The van der Waals surface area contributed by atoms with Gasteiger partial charge >= 0.3 is 0 Å². The molecule has 1 aliphatic heterocycles. The van der Waals surface area contributed by atoms with Crippen LogP contribution < -0.4 is 10.2 Å². The number of benzene rings is 2. The molecular weight excluding hydrogens is 312 g/mol. The Morgan fingerprint density at radius 1 is 1.00 bits per heavy atom. The van der Waals surface area contributed by atoms with E-state index in [0.717, 1.165) is 35.7 Å². The third kappa shape index (κ3) is 3.08. The number of aromatic nitrogens is 2. The van der Waals surface area contributed by atoms with Gasteiger partial charge in [-0.25, -0.2) is 0 Å². The zero-order valence-corrected chi connectivity index (χ0v) is 13.9. The molecule has 1 N–H and O–H groups in total. The van der Waals surface area contributed by atoms with Gasteiger partial charge in [0, 0.05) is 17.9 Å². The molecule has 0 bridgehead atoms. The number of nitrogens with zero attached hydrogens (tertiary/aromatic N) is 3. The van der Waals surface area contributed by atoms with E-state index in [1.807, 2.05) is 49.4 Å². The molecule has 4 rings (SSSR count). The molecule has 0 saturated carbocycles. The Bertz CT molecular complexity index is 904. The van der Waals surface area contributed by atoms with Crippen molar-refractivity contribution in [2.75, 3.05) is 16.8 Å². The summed E-state index contributed by atoms with van der Waals surface area (Å²) in [4.78, 5) is 14.4. The second-order valence-electron chi connectivity index (χ2n) is 6.13. The monoisotopic (exact) mass is 330 g/mol. The first-order valence-corrected chi connectivity index (χ1v) is 8.28. The lowest BCUT2D eigenvalue weighted by Gasteiger charge is -2.17. The van der Waals surface area contributed by atoms with Gasteiger partial charge < -0.3 is 10.2 Å². The molecule has 124 valence electrons. The Morgan fingerprint density at radius 2 is 1.80 bits per heavy atom. The summed E-state index contributed by atoms with van der Waals surface area (Å²) in [7, 11) is 0. The Hall–Kier alpha value is -3.21. The van der Waals surface area contributed by atoms with Gasteiger partial charge in [-0.2, -0.15) is 0 Å². The van der Waals surface area contributed by atoms with Crippen LogP contribution in [0.1, 0.15) is 21.6 Å². The summed E-state index contributed by atoms with van der Waals surface area (Å²) in [6, 6.07) is 19.5. The summed E-state index contributed by atoms with van der Waals surface area (Å²) in [5, 5.41) is 11.2. The molecule has 0 atom stereocenters.